The first-order valence-electron chi connectivity index (χ1n) is 7.21. The maximum Gasteiger partial charge on any atom is 0.329 e. The number of likely N-dealkylation sites (tertiary alicyclic amines) is 1. The number of amides is 1. The molecule has 0 radical (unpaired) electrons. The minimum atomic E-state index is -1.32. The third-order valence-corrected chi connectivity index (χ3v) is 4.03. The Kier molecular flexibility index (Phi) is 3.73. The fourth-order valence-corrected chi connectivity index (χ4v) is 2.88. The van der Waals surface area contributed by atoms with Gasteiger partial charge in [0.2, 0.25) is 5.91 Å². The summed E-state index contributed by atoms with van der Waals surface area (Å²) in [7, 11) is 0. The lowest BCUT2D eigenvalue weighted by Crippen LogP contribution is -2.49. The fourth-order valence-electron chi connectivity index (χ4n) is 2.88. The second-order valence-electron chi connectivity index (χ2n) is 5.43. The van der Waals surface area contributed by atoms with Crippen molar-refractivity contribution in [2.45, 2.75) is 25.4 Å². The van der Waals surface area contributed by atoms with Gasteiger partial charge in [0.05, 0.1) is 22.9 Å². The normalized spacial score (nSPS) is 17.6. The van der Waals surface area contributed by atoms with E-state index in [-0.39, 0.29) is 11.9 Å². The zero-order valence-electron chi connectivity index (χ0n) is 12.2. The number of nitrogens with zero attached hydrogens (tertiary/aromatic N) is 2. The topological polar surface area (TPSA) is 115 Å². The van der Waals surface area contributed by atoms with Crippen molar-refractivity contribution in [2.75, 3.05) is 6.54 Å². The number of aromatic amines is 1. The van der Waals surface area contributed by atoms with Crippen molar-refractivity contribution in [2.24, 2.45) is 0 Å². The highest BCUT2D eigenvalue weighted by molar-refractivity contribution is 5.83. The van der Waals surface area contributed by atoms with Crippen LogP contribution in [0.15, 0.2) is 33.9 Å². The monoisotopic (exact) mass is 316 g/mol. The third kappa shape index (κ3) is 2.63. The van der Waals surface area contributed by atoms with Gasteiger partial charge in [0.1, 0.15) is 6.54 Å². The minimum absolute atomic E-state index is 0.276. The highest BCUT2D eigenvalue weighted by Crippen LogP contribution is 2.17. The van der Waals surface area contributed by atoms with Crippen LogP contribution >= 0.6 is 0 Å². The van der Waals surface area contributed by atoms with Gasteiger partial charge in [0.15, 0.2) is 0 Å². The number of carboxylic acid groups (broad SMARTS) is 1. The Balaban J connectivity index is 1.96. The van der Waals surface area contributed by atoms with Crippen LogP contribution in [-0.4, -0.2) is 38.9 Å². The molecule has 23 heavy (non-hydrogen) atoms. The van der Waals surface area contributed by atoms with E-state index >= 15 is 0 Å². The number of fused-ring (bicyclic) bond motifs is 1. The van der Waals surface area contributed by atoms with Crippen LogP contribution in [-0.2, 0) is 16.1 Å². The third-order valence-electron chi connectivity index (χ3n) is 4.03. The second-order valence-corrected chi connectivity index (χ2v) is 5.43. The maximum atomic E-state index is 12.4. The smallest absolute Gasteiger partial charge is 0.329 e. The van der Waals surface area contributed by atoms with Gasteiger partial charge in [-0.15, -0.1) is 0 Å². The lowest BCUT2D eigenvalue weighted by molar-refractivity contribution is -0.310. The second kappa shape index (κ2) is 5.71. The van der Waals surface area contributed by atoms with Gasteiger partial charge in [-0.3, -0.25) is 14.2 Å². The van der Waals surface area contributed by atoms with E-state index in [1.165, 1.54) is 0 Å². The van der Waals surface area contributed by atoms with Crippen molar-refractivity contribution >= 4 is 22.8 Å². The number of hydrogen-bond donors (Lipinski definition) is 1. The van der Waals surface area contributed by atoms with Gasteiger partial charge in [0, 0.05) is 6.54 Å². The van der Waals surface area contributed by atoms with E-state index in [9.17, 15) is 24.3 Å². The van der Waals surface area contributed by atoms with E-state index in [0.717, 1.165) is 9.47 Å². The maximum absolute atomic E-state index is 12.4. The van der Waals surface area contributed by atoms with E-state index < -0.39 is 35.7 Å². The summed E-state index contributed by atoms with van der Waals surface area (Å²) in [6.07, 6.45) is 0.865. The Morgan fingerprint density at radius 1 is 1.26 bits per heavy atom. The molecular formula is C15H14N3O5-. The molecule has 1 aliphatic heterocycles. The molecule has 1 atom stereocenters. The molecule has 0 spiro atoms. The van der Waals surface area contributed by atoms with Gasteiger partial charge >= 0.3 is 5.69 Å². The van der Waals surface area contributed by atoms with E-state index in [1.54, 1.807) is 24.3 Å². The van der Waals surface area contributed by atoms with E-state index in [1.807, 2.05) is 0 Å². The highest BCUT2D eigenvalue weighted by Gasteiger charge is 2.30. The lowest BCUT2D eigenvalue weighted by atomic mass is 10.2. The predicted octanol–water partition coefficient (Wildman–Crippen LogP) is -1.57. The number of benzene rings is 1. The molecule has 1 N–H and O–H groups in total. The number of aliphatic carboxylic acids is 1. The molecule has 0 bridgehead atoms. The number of aromatic nitrogens is 2. The Bertz CT molecular complexity index is 898. The molecule has 0 saturated carbocycles. The fraction of sp³-hybridized carbons (Fsp3) is 0.333. The summed E-state index contributed by atoms with van der Waals surface area (Å²) in [5.74, 6) is -1.91. The van der Waals surface area contributed by atoms with Crippen LogP contribution in [0.3, 0.4) is 0 Å². The first kappa shape index (κ1) is 15.0. The van der Waals surface area contributed by atoms with Gasteiger partial charge in [-0.2, -0.15) is 0 Å². The quantitative estimate of drug-likeness (QED) is 0.734. The summed E-state index contributed by atoms with van der Waals surface area (Å²) in [4.78, 5) is 51.4. The van der Waals surface area contributed by atoms with Gasteiger partial charge in [-0.1, -0.05) is 12.1 Å². The lowest BCUT2D eigenvalue weighted by Gasteiger charge is -2.25. The predicted molar refractivity (Wildman–Crippen MR) is 78.6 cm³/mol. The molecule has 1 amide bonds. The van der Waals surface area contributed by atoms with Gasteiger partial charge in [0.25, 0.3) is 5.56 Å². The molecule has 1 aromatic heterocycles. The van der Waals surface area contributed by atoms with Crippen LogP contribution in [0.25, 0.3) is 10.9 Å². The molecule has 2 aromatic rings. The average Bonchev–Trinajstić information content (AvgIpc) is 3.01. The Morgan fingerprint density at radius 2 is 2.00 bits per heavy atom. The van der Waals surface area contributed by atoms with Crippen molar-refractivity contribution in [1.82, 2.24) is 14.5 Å². The molecule has 2 heterocycles. The molecule has 3 rings (SSSR count). The summed E-state index contributed by atoms with van der Waals surface area (Å²) in [5.41, 5.74) is -0.895. The first-order chi connectivity index (χ1) is 11.0. The minimum Gasteiger partial charge on any atom is -0.548 e. The van der Waals surface area contributed by atoms with Crippen molar-refractivity contribution < 1.29 is 14.7 Å². The molecule has 0 aliphatic carbocycles. The van der Waals surface area contributed by atoms with Crippen molar-refractivity contribution in [3.05, 3.63) is 45.1 Å². The van der Waals surface area contributed by atoms with Crippen LogP contribution in [0.4, 0.5) is 0 Å². The molecular weight excluding hydrogens is 302 g/mol. The Labute approximate surface area is 130 Å². The number of para-hydroxylation sites is 1. The van der Waals surface area contributed by atoms with Crippen LogP contribution in [0.1, 0.15) is 12.8 Å². The first-order valence-corrected chi connectivity index (χ1v) is 7.21. The van der Waals surface area contributed by atoms with Gasteiger partial charge in [-0.05, 0) is 25.0 Å². The number of carbonyl (C=O) groups excluding carboxylic acids is 2. The number of carboxylic acids is 1. The van der Waals surface area contributed by atoms with E-state index in [0.29, 0.717) is 18.4 Å². The molecule has 1 saturated heterocycles. The number of hydrogen-bond acceptors (Lipinski definition) is 5. The van der Waals surface area contributed by atoms with Crippen molar-refractivity contribution in [3.8, 4) is 0 Å². The summed E-state index contributed by atoms with van der Waals surface area (Å²) >= 11 is 0. The van der Waals surface area contributed by atoms with E-state index in [2.05, 4.69) is 4.98 Å². The molecule has 1 aromatic carbocycles. The van der Waals surface area contributed by atoms with Gasteiger partial charge < -0.3 is 19.8 Å². The zero-order valence-corrected chi connectivity index (χ0v) is 12.2. The highest BCUT2D eigenvalue weighted by atomic mass is 16.4. The molecule has 1 aliphatic rings. The average molecular weight is 316 g/mol. The Hall–Kier alpha value is -2.90. The zero-order chi connectivity index (χ0) is 16.6. The summed E-state index contributed by atoms with van der Waals surface area (Å²) < 4.78 is 0.787. The number of rotatable bonds is 3. The van der Waals surface area contributed by atoms with Crippen LogP contribution in [0, 0.1) is 0 Å². The van der Waals surface area contributed by atoms with Crippen LogP contribution in [0.5, 0.6) is 0 Å². The molecule has 120 valence electrons. The molecule has 8 heteroatoms. The van der Waals surface area contributed by atoms with Crippen LogP contribution < -0.4 is 16.4 Å². The molecule has 0 unspecified atom stereocenters. The van der Waals surface area contributed by atoms with Crippen molar-refractivity contribution in [1.29, 1.82) is 0 Å². The Morgan fingerprint density at radius 3 is 2.74 bits per heavy atom. The molecule has 8 nitrogen and oxygen atoms in total. The molecule has 1 fully saturated rings. The summed E-state index contributed by atoms with van der Waals surface area (Å²) in [6, 6.07) is 5.48. The summed E-state index contributed by atoms with van der Waals surface area (Å²) in [6.45, 7) is -0.222. The number of carbonyl (C=O) groups is 2. The standard InChI is InChI=1S/C15H15N3O5/c19-12(17-7-3-6-11(17)14(21)22)8-18-13(20)9-4-1-2-5-10(9)16-15(18)23/h1-2,4-5,11H,3,6-8H2,(H,16,23)(H,21,22)/p-1/t11-/m0/s1. The van der Waals surface area contributed by atoms with Crippen LogP contribution in [0.2, 0.25) is 0 Å². The SMILES string of the molecule is O=C([O-])[C@@H]1CCCN1C(=O)Cn1c(=O)[nH]c2ccccc2c1=O. The number of H-pyrrole nitrogens is 1. The summed E-state index contributed by atoms with van der Waals surface area (Å²) in [5, 5.41) is 11.3. The van der Waals surface area contributed by atoms with Crippen molar-refractivity contribution in [3.63, 3.8) is 0 Å². The largest absolute Gasteiger partial charge is 0.548 e. The number of nitrogens with one attached hydrogen (secondary N) is 1. The van der Waals surface area contributed by atoms with Gasteiger partial charge in [-0.25, -0.2) is 4.79 Å². The van der Waals surface area contributed by atoms with E-state index in [4.69, 9.17) is 0 Å².